The van der Waals surface area contributed by atoms with E-state index in [9.17, 15) is 14.7 Å². The number of likely N-dealkylation sites (N-methyl/N-ethyl adjacent to an activating group) is 1. The molecule has 11 nitrogen and oxygen atoms in total. The minimum absolute atomic E-state index is 0.0202. The predicted octanol–water partition coefficient (Wildman–Crippen LogP) is 5.80. The number of rotatable bonds is 11. The Morgan fingerprint density at radius 3 is 2.68 bits per heavy atom. The van der Waals surface area contributed by atoms with Gasteiger partial charge in [0.1, 0.15) is 10.5 Å². The van der Waals surface area contributed by atoms with Crippen molar-refractivity contribution in [3.05, 3.63) is 87.6 Å². The molecule has 13 heteroatoms. The van der Waals surface area contributed by atoms with Crippen LogP contribution in [-0.2, 0) is 29.2 Å². The second-order valence-corrected chi connectivity index (χ2v) is 14.5. The van der Waals surface area contributed by atoms with Crippen molar-refractivity contribution >= 4 is 57.2 Å². The van der Waals surface area contributed by atoms with Crippen LogP contribution in [0.25, 0.3) is 32.6 Å². The summed E-state index contributed by atoms with van der Waals surface area (Å²) in [7, 11) is 1.83. The number of pyridine rings is 2. The summed E-state index contributed by atoms with van der Waals surface area (Å²) in [5, 5.41) is 24.3. The van der Waals surface area contributed by atoms with Gasteiger partial charge in [0.2, 0.25) is 5.91 Å². The topological polar surface area (TPSA) is 135 Å². The van der Waals surface area contributed by atoms with Gasteiger partial charge in [-0.05, 0) is 61.8 Å². The molecule has 1 amide bonds. The standard InChI is InChI=1S/C37H38ClN7O4S/c1-22-26(5-3-6-27(22)36-42-30-19-45(20-31(30)50-36)32(47)21-43(2)13-14-46)28-7-4-8-29(33(28)38)41-35-34-24(9-11-39-35)15-23(16-40-34)17-44-12-10-25(18-44)37(48)49/h3-9,11,15-16,25,46H,10,12-14,17-21H2,1-2H3,(H,39,41)(H,48,49)/t25-/m1/s1. The maximum atomic E-state index is 12.8. The average molecular weight is 712 g/mol. The fourth-order valence-corrected chi connectivity index (χ4v) is 8.20. The highest BCUT2D eigenvalue weighted by molar-refractivity contribution is 7.15. The van der Waals surface area contributed by atoms with Gasteiger partial charge in [0.05, 0.1) is 48.6 Å². The number of fused-ring (bicyclic) bond motifs is 2. The van der Waals surface area contributed by atoms with Crippen LogP contribution in [0.3, 0.4) is 0 Å². The molecular formula is C37H38ClN7O4S. The van der Waals surface area contributed by atoms with Gasteiger partial charge in [-0.3, -0.25) is 24.4 Å². The number of benzene rings is 2. The molecule has 0 unspecified atom stereocenters. The second kappa shape index (κ2) is 14.4. The average Bonchev–Trinajstić information content (AvgIpc) is 3.82. The van der Waals surface area contributed by atoms with Crippen LogP contribution in [-0.4, -0.2) is 91.6 Å². The Bertz CT molecular complexity index is 2070. The predicted molar refractivity (Wildman–Crippen MR) is 195 cm³/mol. The van der Waals surface area contributed by atoms with E-state index in [0.29, 0.717) is 55.7 Å². The Morgan fingerprint density at radius 1 is 1.10 bits per heavy atom. The molecule has 0 spiro atoms. The number of likely N-dealkylation sites (tertiary alicyclic amines) is 1. The van der Waals surface area contributed by atoms with Gasteiger partial charge in [0, 0.05) is 53.4 Å². The summed E-state index contributed by atoms with van der Waals surface area (Å²) in [4.78, 5) is 45.4. The number of hydrogen-bond acceptors (Lipinski definition) is 10. The van der Waals surface area contributed by atoms with E-state index in [2.05, 4.69) is 40.3 Å². The van der Waals surface area contributed by atoms with Gasteiger partial charge in [-0.2, -0.15) is 0 Å². The maximum absolute atomic E-state index is 12.8. The lowest BCUT2D eigenvalue weighted by molar-refractivity contribution is -0.141. The Labute approximate surface area is 299 Å². The molecule has 3 N–H and O–H groups in total. The Hall–Kier alpha value is -4.46. The number of aliphatic carboxylic acids is 1. The number of aromatic nitrogens is 3. The highest BCUT2D eigenvalue weighted by atomic mass is 35.5. The summed E-state index contributed by atoms with van der Waals surface area (Å²) >= 11 is 8.72. The first-order chi connectivity index (χ1) is 24.2. The lowest BCUT2D eigenvalue weighted by Gasteiger charge is -2.20. The molecule has 7 rings (SSSR count). The van der Waals surface area contributed by atoms with E-state index in [-0.39, 0.29) is 25.0 Å². The quantitative estimate of drug-likeness (QED) is 0.154. The van der Waals surface area contributed by atoms with Crippen molar-refractivity contribution in [1.29, 1.82) is 0 Å². The first kappa shape index (κ1) is 34.0. The number of thiazole rings is 1. The third-order valence-electron chi connectivity index (χ3n) is 9.48. The van der Waals surface area contributed by atoms with Gasteiger partial charge in [0.25, 0.3) is 0 Å². The normalized spacial score (nSPS) is 16.0. The third-order valence-corrected chi connectivity index (χ3v) is 11.0. The first-order valence-corrected chi connectivity index (χ1v) is 17.8. The number of aliphatic hydroxyl groups is 1. The lowest BCUT2D eigenvalue weighted by Crippen LogP contribution is -2.37. The summed E-state index contributed by atoms with van der Waals surface area (Å²) in [6.45, 7) is 5.81. The molecule has 2 aliphatic rings. The van der Waals surface area contributed by atoms with Crippen molar-refractivity contribution in [2.45, 2.75) is 33.0 Å². The van der Waals surface area contributed by atoms with Crippen LogP contribution in [0.15, 0.2) is 60.9 Å². The molecule has 0 aliphatic carbocycles. The van der Waals surface area contributed by atoms with Crippen LogP contribution >= 0.6 is 22.9 Å². The van der Waals surface area contributed by atoms with Gasteiger partial charge in [0.15, 0.2) is 5.82 Å². The minimum atomic E-state index is -0.735. The minimum Gasteiger partial charge on any atom is -0.481 e. The zero-order valence-corrected chi connectivity index (χ0v) is 29.5. The van der Waals surface area contributed by atoms with Crippen molar-refractivity contribution in [3.63, 3.8) is 0 Å². The van der Waals surface area contributed by atoms with Crippen molar-refractivity contribution < 1.29 is 19.8 Å². The second-order valence-electron chi connectivity index (χ2n) is 13.0. The van der Waals surface area contributed by atoms with Crippen LogP contribution in [0.5, 0.6) is 0 Å². The zero-order valence-electron chi connectivity index (χ0n) is 27.9. The molecule has 0 bridgehead atoms. The molecule has 0 saturated carbocycles. The summed E-state index contributed by atoms with van der Waals surface area (Å²) in [5.41, 5.74) is 7.34. The van der Waals surface area contributed by atoms with Crippen LogP contribution in [0, 0.1) is 12.8 Å². The molecule has 1 saturated heterocycles. The Kier molecular flexibility index (Phi) is 9.80. The van der Waals surface area contributed by atoms with Gasteiger partial charge < -0.3 is 20.4 Å². The number of carbonyl (C=O) groups is 2. The molecule has 1 atom stereocenters. The number of amides is 1. The Balaban J connectivity index is 1.09. The molecule has 258 valence electrons. The third kappa shape index (κ3) is 6.94. The summed E-state index contributed by atoms with van der Waals surface area (Å²) in [5.74, 6) is -0.426. The maximum Gasteiger partial charge on any atom is 0.307 e. The summed E-state index contributed by atoms with van der Waals surface area (Å²) in [6, 6.07) is 16.1. The number of nitrogens with one attached hydrogen (secondary N) is 1. The van der Waals surface area contributed by atoms with E-state index < -0.39 is 5.97 Å². The summed E-state index contributed by atoms with van der Waals surface area (Å²) < 4.78 is 0. The molecule has 0 radical (unpaired) electrons. The van der Waals surface area contributed by atoms with Crippen molar-refractivity contribution in [1.82, 2.24) is 29.7 Å². The number of hydrogen-bond donors (Lipinski definition) is 3. The van der Waals surface area contributed by atoms with Crippen molar-refractivity contribution in [3.8, 4) is 21.7 Å². The van der Waals surface area contributed by atoms with Crippen LogP contribution in [0.2, 0.25) is 5.02 Å². The van der Waals surface area contributed by atoms with E-state index in [4.69, 9.17) is 26.7 Å². The largest absolute Gasteiger partial charge is 0.481 e. The van der Waals surface area contributed by atoms with E-state index in [1.165, 1.54) is 0 Å². The highest BCUT2D eigenvalue weighted by Gasteiger charge is 2.29. The van der Waals surface area contributed by atoms with E-state index >= 15 is 0 Å². The van der Waals surface area contributed by atoms with Crippen LogP contribution in [0.1, 0.15) is 28.1 Å². The molecular weight excluding hydrogens is 674 g/mol. The molecule has 50 heavy (non-hydrogen) atoms. The number of aliphatic hydroxyl groups excluding tert-OH is 1. The van der Waals surface area contributed by atoms with Gasteiger partial charge in [-0.15, -0.1) is 11.3 Å². The number of carbonyl (C=O) groups excluding carboxylic acids is 1. The van der Waals surface area contributed by atoms with E-state index in [0.717, 1.165) is 60.8 Å². The molecule has 1 fully saturated rings. The van der Waals surface area contributed by atoms with E-state index in [1.54, 1.807) is 17.5 Å². The van der Waals surface area contributed by atoms with Crippen molar-refractivity contribution in [2.24, 2.45) is 5.92 Å². The van der Waals surface area contributed by atoms with Gasteiger partial charge >= 0.3 is 5.97 Å². The lowest BCUT2D eigenvalue weighted by atomic mass is 9.96. The van der Waals surface area contributed by atoms with Gasteiger partial charge in [-0.25, -0.2) is 9.97 Å². The van der Waals surface area contributed by atoms with E-state index in [1.807, 2.05) is 53.4 Å². The SMILES string of the molecule is Cc1c(-c2nc3c(s2)CN(C(=O)CN(C)CCO)C3)cccc1-c1cccc(Nc2nccc3cc(CN4CC[C@@H](C(=O)O)C4)cnc23)c1Cl. The molecule has 3 aromatic heterocycles. The van der Waals surface area contributed by atoms with Crippen molar-refractivity contribution in [2.75, 3.05) is 45.2 Å². The first-order valence-electron chi connectivity index (χ1n) is 16.6. The molecule has 2 aliphatic heterocycles. The number of carboxylic acids is 1. The van der Waals surface area contributed by atoms with Gasteiger partial charge in [-0.1, -0.05) is 41.9 Å². The fraction of sp³-hybridized carbons (Fsp3) is 0.324. The molecule has 5 heterocycles. The van der Waals surface area contributed by atoms with Crippen LogP contribution in [0.4, 0.5) is 11.5 Å². The molecule has 2 aromatic carbocycles. The fourth-order valence-electron chi connectivity index (χ4n) is 6.76. The molecule has 5 aromatic rings. The highest BCUT2D eigenvalue weighted by Crippen LogP contribution is 2.41. The monoisotopic (exact) mass is 711 g/mol. The summed E-state index contributed by atoms with van der Waals surface area (Å²) in [6.07, 6.45) is 4.24. The number of nitrogens with zero attached hydrogens (tertiary/aromatic N) is 6. The number of halogens is 1. The smallest absolute Gasteiger partial charge is 0.307 e. The van der Waals surface area contributed by atoms with Crippen LogP contribution < -0.4 is 5.32 Å². The zero-order chi connectivity index (χ0) is 34.9. The number of carboxylic acid groups (broad SMARTS) is 1. The Morgan fingerprint density at radius 2 is 1.90 bits per heavy atom. The number of anilines is 2.